The van der Waals surface area contributed by atoms with Crippen LogP contribution in [0.2, 0.25) is 0 Å². The Morgan fingerprint density at radius 2 is 2.00 bits per heavy atom. The van der Waals surface area contributed by atoms with Crippen LogP contribution in [-0.2, 0) is 9.53 Å². The Kier molecular flexibility index (Phi) is 4.89. The predicted octanol–water partition coefficient (Wildman–Crippen LogP) is 2.65. The number of anilines is 1. The molecule has 1 aromatic rings. The molecule has 1 saturated heterocycles. The molecule has 0 bridgehead atoms. The summed E-state index contributed by atoms with van der Waals surface area (Å²) in [6.07, 6.45) is 0.938. The molecule has 120 valence electrons. The van der Waals surface area contributed by atoms with Gasteiger partial charge in [-0.3, -0.25) is 14.9 Å². The number of ether oxygens (including phenoxy) is 1. The van der Waals surface area contributed by atoms with Gasteiger partial charge in [-0.2, -0.15) is 4.39 Å². The van der Waals surface area contributed by atoms with Gasteiger partial charge in [-0.1, -0.05) is 0 Å². The zero-order valence-corrected chi connectivity index (χ0v) is 12.1. The molecule has 0 saturated carbocycles. The van der Waals surface area contributed by atoms with Crippen molar-refractivity contribution in [3.8, 4) is 0 Å². The highest BCUT2D eigenvalue weighted by Crippen LogP contribution is 2.31. The lowest BCUT2D eigenvalue weighted by atomic mass is 9.96. The monoisotopic (exact) mass is 314 g/mol. The number of halogens is 2. The van der Waals surface area contributed by atoms with Crippen molar-refractivity contribution in [3.63, 3.8) is 0 Å². The number of hydrogen-bond acceptors (Lipinski definition) is 5. The van der Waals surface area contributed by atoms with Crippen molar-refractivity contribution in [3.05, 3.63) is 33.9 Å². The quantitative estimate of drug-likeness (QED) is 0.485. The third-order valence-electron chi connectivity index (χ3n) is 3.69. The van der Waals surface area contributed by atoms with Gasteiger partial charge in [-0.05, 0) is 25.8 Å². The number of nitro benzene ring substituents is 1. The van der Waals surface area contributed by atoms with E-state index < -0.39 is 22.2 Å². The van der Waals surface area contributed by atoms with Gasteiger partial charge < -0.3 is 9.64 Å². The summed E-state index contributed by atoms with van der Waals surface area (Å²) in [5, 5.41) is 10.6. The first-order valence-electron chi connectivity index (χ1n) is 6.99. The average Bonchev–Trinajstić information content (AvgIpc) is 2.50. The normalized spacial score (nSPS) is 15.7. The van der Waals surface area contributed by atoms with E-state index in [0.29, 0.717) is 32.5 Å². The Labute approximate surface area is 125 Å². The van der Waals surface area contributed by atoms with Gasteiger partial charge in [0, 0.05) is 19.2 Å². The van der Waals surface area contributed by atoms with E-state index in [9.17, 15) is 23.7 Å². The smallest absolute Gasteiger partial charge is 0.309 e. The minimum Gasteiger partial charge on any atom is -0.466 e. The molecule has 0 amide bonds. The number of hydrogen-bond donors (Lipinski definition) is 0. The Morgan fingerprint density at radius 1 is 1.36 bits per heavy atom. The van der Waals surface area contributed by atoms with Gasteiger partial charge in [0.05, 0.1) is 23.1 Å². The highest BCUT2D eigenvalue weighted by Gasteiger charge is 2.29. The van der Waals surface area contributed by atoms with Crippen molar-refractivity contribution >= 4 is 17.3 Å². The number of esters is 1. The van der Waals surface area contributed by atoms with Gasteiger partial charge in [0.1, 0.15) is 0 Å². The summed E-state index contributed by atoms with van der Waals surface area (Å²) in [7, 11) is 0. The van der Waals surface area contributed by atoms with E-state index in [0.717, 1.165) is 6.07 Å². The summed E-state index contributed by atoms with van der Waals surface area (Å²) >= 11 is 0. The lowest BCUT2D eigenvalue weighted by molar-refractivity contribution is -0.387. The number of piperidine rings is 1. The highest BCUT2D eigenvalue weighted by atomic mass is 19.2. The van der Waals surface area contributed by atoms with Crippen LogP contribution in [0.15, 0.2) is 12.1 Å². The molecule has 1 fully saturated rings. The fourth-order valence-corrected chi connectivity index (χ4v) is 2.53. The molecule has 1 aliphatic heterocycles. The highest BCUT2D eigenvalue weighted by molar-refractivity contribution is 5.73. The Morgan fingerprint density at radius 3 is 2.55 bits per heavy atom. The first-order chi connectivity index (χ1) is 10.5. The number of carbonyl (C=O) groups is 1. The van der Waals surface area contributed by atoms with E-state index >= 15 is 0 Å². The molecule has 0 aliphatic carbocycles. The minimum atomic E-state index is -1.46. The average molecular weight is 314 g/mol. The lowest BCUT2D eigenvalue weighted by Crippen LogP contribution is -2.37. The van der Waals surface area contributed by atoms with Crippen LogP contribution in [0.4, 0.5) is 20.2 Å². The van der Waals surface area contributed by atoms with Crippen LogP contribution in [0.25, 0.3) is 0 Å². The summed E-state index contributed by atoms with van der Waals surface area (Å²) in [5.41, 5.74) is -0.909. The molecule has 0 aromatic heterocycles. The van der Waals surface area contributed by atoms with Gasteiger partial charge in [0.15, 0.2) is 5.82 Å². The topological polar surface area (TPSA) is 72.7 Å². The zero-order valence-electron chi connectivity index (χ0n) is 12.1. The molecule has 6 nitrogen and oxygen atoms in total. The van der Waals surface area contributed by atoms with Crippen LogP contribution >= 0.6 is 0 Å². The summed E-state index contributed by atoms with van der Waals surface area (Å²) in [6.45, 7) is 2.75. The third kappa shape index (κ3) is 3.15. The number of rotatable bonds is 4. The van der Waals surface area contributed by atoms with E-state index in [2.05, 4.69) is 0 Å². The molecule has 1 aromatic carbocycles. The van der Waals surface area contributed by atoms with Gasteiger partial charge in [-0.15, -0.1) is 0 Å². The van der Waals surface area contributed by atoms with Crippen molar-refractivity contribution in [2.75, 3.05) is 24.6 Å². The van der Waals surface area contributed by atoms with Crippen LogP contribution in [0.5, 0.6) is 0 Å². The molecule has 1 aliphatic rings. The predicted molar refractivity (Wildman–Crippen MR) is 74.6 cm³/mol. The molecule has 0 N–H and O–H groups in total. The summed E-state index contributed by atoms with van der Waals surface area (Å²) in [4.78, 5) is 22.8. The second-order valence-corrected chi connectivity index (χ2v) is 5.00. The van der Waals surface area contributed by atoms with Gasteiger partial charge >= 0.3 is 11.7 Å². The Balaban J connectivity index is 2.10. The standard InChI is InChI=1S/C14H16F2N2O4/c1-2-22-14(19)9-5-7-17(8-6-9)10-3-4-11(18(20)21)13(16)12(10)15/h3-4,9H,2,5-8H2,1H3. The fraction of sp³-hybridized carbons (Fsp3) is 0.500. The maximum absolute atomic E-state index is 14.0. The van der Waals surface area contributed by atoms with Crippen molar-refractivity contribution in [2.45, 2.75) is 19.8 Å². The van der Waals surface area contributed by atoms with Crippen LogP contribution < -0.4 is 4.90 Å². The second kappa shape index (κ2) is 6.67. The van der Waals surface area contributed by atoms with Crippen LogP contribution in [-0.4, -0.2) is 30.6 Å². The van der Waals surface area contributed by atoms with E-state index in [1.165, 1.54) is 6.07 Å². The molecular formula is C14H16F2N2O4. The van der Waals surface area contributed by atoms with Crippen LogP contribution in [0, 0.1) is 27.7 Å². The molecule has 0 spiro atoms. The molecule has 1 heterocycles. The van der Waals surface area contributed by atoms with E-state index in [1.54, 1.807) is 11.8 Å². The van der Waals surface area contributed by atoms with Gasteiger partial charge in [0.2, 0.25) is 5.82 Å². The number of nitro groups is 1. The number of nitrogens with zero attached hydrogens (tertiary/aromatic N) is 2. The molecule has 8 heteroatoms. The van der Waals surface area contributed by atoms with Crippen LogP contribution in [0.1, 0.15) is 19.8 Å². The largest absolute Gasteiger partial charge is 0.466 e. The van der Waals surface area contributed by atoms with Gasteiger partial charge in [0.25, 0.3) is 0 Å². The van der Waals surface area contributed by atoms with E-state index in [1.807, 2.05) is 0 Å². The molecule has 0 unspecified atom stereocenters. The van der Waals surface area contributed by atoms with Crippen LogP contribution in [0.3, 0.4) is 0 Å². The van der Waals surface area contributed by atoms with Crippen molar-refractivity contribution in [1.82, 2.24) is 0 Å². The summed E-state index contributed by atoms with van der Waals surface area (Å²) < 4.78 is 32.6. The van der Waals surface area contributed by atoms with Gasteiger partial charge in [-0.25, -0.2) is 4.39 Å². The fourth-order valence-electron chi connectivity index (χ4n) is 2.53. The molecule has 2 rings (SSSR count). The SMILES string of the molecule is CCOC(=O)C1CCN(c2ccc([N+](=O)[O-])c(F)c2F)CC1. The minimum absolute atomic E-state index is 0.0228. The Hall–Kier alpha value is -2.25. The summed E-state index contributed by atoms with van der Waals surface area (Å²) in [5.74, 6) is -3.22. The maximum atomic E-state index is 14.0. The maximum Gasteiger partial charge on any atom is 0.309 e. The second-order valence-electron chi connectivity index (χ2n) is 5.00. The summed E-state index contributed by atoms with van der Waals surface area (Å²) in [6, 6.07) is 2.15. The molecule has 0 radical (unpaired) electrons. The number of benzene rings is 1. The first kappa shape index (κ1) is 16.1. The van der Waals surface area contributed by atoms with E-state index in [4.69, 9.17) is 4.74 Å². The molecule has 22 heavy (non-hydrogen) atoms. The lowest BCUT2D eigenvalue weighted by Gasteiger charge is -2.32. The van der Waals surface area contributed by atoms with E-state index in [-0.39, 0.29) is 17.6 Å². The zero-order chi connectivity index (χ0) is 16.3. The molecule has 0 atom stereocenters. The van der Waals surface area contributed by atoms with Crippen molar-refractivity contribution in [2.24, 2.45) is 5.92 Å². The van der Waals surface area contributed by atoms with Crippen molar-refractivity contribution < 1.29 is 23.2 Å². The first-order valence-corrected chi connectivity index (χ1v) is 6.99. The Bertz CT molecular complexity index is 586. The molecular weight excluding hydrogens is 298 g/mol. The number of carbonyl (C=O) groups excluding carboxylic acids is 1. The van der Waals surface area contributed by atoms with Crippen molar-refractivity contribution in [1.29, 1.82) is 0 Å². The third-order valence-corrected chi connectivity index (χ3v) is 3.69.